The van der Waals surface area contributed by atoms with E-state index in [1.165, 1.54) is 6.07 Å². The number of carbonyl (C=O) groups is 2. The minimum Gasteiger partial charge on any atom is -0.481 e. The van der Waals surface area contributed by atoms with E-state index >= 15 is 0 Å². The molecule has 0 N–H and O–H groups in total. The van der Waals surface area contributed by atoms with Crippen molar-refractivity contribution in [3.05, 3.63) is 51.9 Å². The van der Waals surface area contributed by atoms with Gasteiger partial charge < -0.3 is 18.6 Å². The monoisotopic (exact) mass is 428 g/mol. The molecule has 0 saturated carbocycles. The maximum absolute atomic E-state index is 12.6. The summed E-state index contributed by atoms with van der Waals surface area (Å²) in [5.74, 6) is -0.357. The van der Waals surface area contributed by atoms with E-state index in [0.717, 1.165) is 0 Å². The highest BCUT2D eigenvalue weighted by Gasteiger charge is 2.50. The molecule has 1 aliphatic rings. The molecular weight excluding hydrogens is 400 g/mol. The van der Waals surface area contributed by atoms with Gasteiger partial charge in [0.2, 0.25) is 0 Å². The lowest BCUT2D eigenvalue weighted by Gasteiger charge is -2.34. The molecule has 0 bridgehead atoms. The summed E-state index contributed by atoms with van der Waals surface area (Å²) < 4.78 is 23.1. The van der Waals surface area contributed by atoms with Gasteiger partial charge >= 0.3 is 17.6 Å². The van der Waals surface area contributed by atoms with Crippen LogP contribution in [-0.4, -0.2) is 23.6 Å². The number of hydrogen-bond donors (Lipinski definition) is 0. The molecule has 2 atom stereocenters. The number of allylic oxidation sites excluding steroid dienone is 1. The number of esters is 2. The van der Waals surface area contributed by atoms with E-state index in [9.17, 15) is 14.4 Å². The Morgan fingerprint density at radius 1 is 1.19 bits per heavy atom. The van der Waals surface area contributed by atoms with Gasteiger partial charge in [-0.1, -0.05) is 19.9 Å². The zero-order valence-corrected chi connectivity index (χ0v) is 18.7. The molecule has 7 heteroatoms. The van der Waals surface area contributed by atoms with E-state index in [0.29, 0.717) is 22.3 Å². The van der Waals surface area contributed by atoms with Crippen molar-refractivity contribution < 1.29 is 28.2 Å². The van der Waals surface area contributed by atoms with Crippen molar-refractivity contribution in [2.75, 3.05) is 0 Å². The smallest absolute Gasteiger partial charge is 0.336 e. The second-order valence-corrected chi connectivity index (χ2v) is 8.66. The van der Waals surface area contributed by atoms with Crippen LogP contribution in [0.4, 0.5) is 0 Å². The van der Waals surface area contributed by atoms with Crippen molar-refractivity contribution in [1.29, 1.82) is 0 Å². The van der Waals surface area contributed by atoms with Gasteiger partial charge in [-0.25, -0.2) is 9.59 Å². The summed E-state index contributed by atoms with van der Waals surface area (Å²) in [4.78, 5) is 36.9. The molecule has 1 aromatic carbocycles. The highest BCUT2D eigenvalue weighted by molar-refractivity contribution is 5.89. The summed E-state index contributed by atoms with van der Waals surface area (Å²) in [5.41, 5.74) is -0.496. The van der Waals surface area contributed by atoms with Gasteiger partial charge in [-0.05, 0) is 51.8 Å². The summed E-state index contributed by atoms with van der Waals surface area (Å²) in [7, 11) is 0. The lowest BCUT2D eigenvalue weighted by Crippen LogP contribution is -2.46. The standard InChI is InChI=1S/C24H28O7/c1-7-14(4)23(27)30-21-19-16(10-8-15-9-11-17(25)29-20(15)19)28-22(21)24(5,6)31-18(26)12-13(2)3/h7-11,13,21-22H,12H2,1-6H3/t21-,22+/m1/s1. The Morgan fingerprint density at radius 3 is 2.52 bits per heavy atom. The molecule has 3 rings (SSSR count). The molecule has 0 aliphatic carbocycles. The van der Waals surface area contributed by atoms with Crippen LogP contribution >= 0.6 is 0 Å². The third kappa shape index (κ3) is 4.65. The molecule has 7 nitrogen and oxygen atoms in total. The molecule has 0 saturated heterocycles. The second-order valence-electron chi connectivity index (χ2n) is 8.66. The lowest BCUT2D eigenvalue weighted by molar-refractivity contribution is -0.176. The molecule has 166 valence electrons. The Morgan fingerprint density at radius 2 is 1.87 bits per heavy atom. The molecule has 2 heterocycles. The van der Waals surface area contributed by atoms with Crippen LogP contribution in [0.5, 0.6) is 5.75 Å². The van der Waals surface area contributed by atoms with E-state index in [1.54, 1.807) is 52.0 Å². The zero-order valence-electron chi connectivity index (χ0n) is 18.7. The summed E-state index contributed by atoms with van der Waals surface area (Å²) in [6, 6.07) is 6.45. The van der Waals surface area contributed by atoms with E-state index < -0.39 is 29.4 Å². The Bertz CT molecular complexity index is 1090. The minimum atomic E-state index is -1.12. The number of rotatable bonds is 6. The van der Waals surface area contributed by atoms with Crippen LogP contribution in [0.1, 0.15) is 59.6 Å². The number of fused-ring (bicyclic) bond motifs is 3. The van der Waals surface area contributed by atoms with E-state index in [-0.39, 0.29) is 23.9 Å². The number of benzene rings is 1. The van der Waals surface area contributed by atoms with Crippen LogP contribution in [0.15, 0.2) is 45.1 Å². The van der Waals surface area contributed by atoms with Gasteiger partial charge in [0.15, 0.2) is 12.2 Å². The maximum atomic E-state index is 12.6. The van der Waals surface area contributed by atoms with Crippen molar-refractivity contribution in [3.8, 4) is 5.75 Å². The number of ether oxygens (including phenoxy) is 3. The molecule has 0 spiro atoms. The molecule has 0 unspecified atom stereocenters. The molecule has 0 amide bonds. The van der Waals surface area contributed by atoms with Crippen molar-refractivity contribution in [3.63, 3.8) is 0 Å². The fraction of sp³-hybridized carbons (Fsp3) is 0.458. The molecule has 0 fully saturated rings. The van der Waals surface area contributed by atoms with Crippen molar-refractivity contribution in [2.24, 2.45) is 5.92 Å². The van der Waals surface area contributed by atoms with Gasteiger partial charge in [0.1, 0.15) is 16.9 Å². The summed E-state index contributed by atoms with van der Waals surface area (Å²) in [6.07, 6.45) is 0.130. The van der Waals surface area contributed by atoms with Crippen LogP contribution in [-0.2, 0) is 19.1 Å². The fourth-order valence-electron chi connectivity index (χ4n) is 3.54. The van der Waals surface area contributed by atoms with Gasteiger partial charge in [-0.15, -0.1) is 0 Å². The quantitative estimate of drug-likeness (QED) is 0.381. The van der Waals surface area contributed by atoms with Crippen molar-refractivity contribution in [2.45, 2.75) is 65.8 Å². The average molecular weight is 428 g/mol. The van der Waals surface area contributed by atoms with Crippen LogP contribution in [0.2, 0.25) is 0 Å². The first-order chi connectivity index (χ1) is 14.5. The van der Waals surface area contributed by atoms with E-state index in [4.69, 9.17) is 18.6 Å². The highest BCUT2D eigenvalue weighted by atomic mass is 16.6. The van der Waals surface area contributed by atoms with Crippen LogP contribution in [0.25, 0.3) is 11.0 Å². The van der Waals surface area contributed by atoms with Crippen LogP contribution in [0, 0.1) is 5.92 Å². The first kappa shape index (κ1) is 22.6. The zero-order chi connectivity index (χ0) is 22.9. The number of carbonyl (C=O) groups excluding carboxylic acids is 2. The topological polar surface area (TPSA) is 92.0 Å². The largest absolute Gasteiger partial charge is 0.481 e. The highest BCUT2D eigenvalue weighted by Crippen LogP contribution is 2.47. The third-order valence-electron chi connectivity index (χ3n) is 5.23. The molecule has 1 aromatic heterocycles. The van der Waals surface area contributed by atoms with Crippen molar-refractivity contribution >= 4 is 22.9 Å². The molecule has 1 aliphatic heterocycles. The Labute approximate surface area is 181 Å². The predicted octanol–water partition coefficient (Wildman–Crippen LogP) is 4.47. The Balaban J connectivity index is 2.07. The minimum absolute atomic E-state index is 0.133. The van der Waals surface area contributed by atoms with Crippen molar-refractivity contribution in [1.82, 2.24) is 0 Å². The van der Waals surface area contributed by atoms with E-state index in [1.807, 2.05) is 13.8 Å². The predicted molar refractivity (Wildman–Crippen MR) is 115 cm³/mol. The Hall–Kier alpha value is -3.09. The summed E-state index contributed by atoms with van der Waals surface area (Å²) >= 11 is 0. The van der Waals surface area contributed by atoms with E-state index in [2.05, 4.69) is 0 Å². The molecule has 2 aromatic rings. The second kappa shape index (κ2) is 8.57. The van der Waals surface area contributed by atoms with Gasteiger partial charge in [-0.2, -0.15) is 0 Å². The summed E-state index contributed by atoms with van der Waals surface area (Å²) in [5, 5.41) is 0.668. The lowest BCUT2D eigenvalue weighted by atomic mass is 9.93. The number of hydrogen-bond acceptors (Lipinski definition) is 7. The van der Waals surface area contributed by atoms with Gasteiger partial charge in [0, 0.05) is 23.4 Å². The SMILES string of the molecule is CC=C(C)C(=O)O[C@@H]1c2c(ccc3ccc(=O)oc23)O[C@@H]1C(C)(C)OC(=O)CC(C)C. The van der Waals surface area contributed by atoms with Crippen LogP contribution in [0.3, 0.4) is 0 Å². The average Bonchev–Trinajstić information content (AvgIpc) is 3.05. The third-order valence-corrected chi connectivity index (χ3v) is 5.23. The van der Waals surface area contributed by atoms with Gasteiger partial charge in [0.25, 0.3) is 0 Å². The summed E-state index contributed by atoms with van der Waals surface area (Å²) in [6.45, 7) is 10.7. The Kier molecular flexibility index (Phi) is 6.25. The van der Waals surface area contributed by atoms with Gasteiger partial charge in [-0.3, -0.25) is 4.79 Å². The molecule has 31 heavy (non-hydrogen) atoms. The first-order valence-corrected chi connectivity index (χ1v) is 10.3. The fourth-order valence-corrected chi connectivity index (χ4v) is 3.54. The normalized spacial score (nSPS) is 18.6. The molecule has 0 radical (unpaired) electrons. The van der Waals surface area contributed by atoms with Crippen LogP contribution < -0.4 is 10.4 Å². The molecular formula is C24H28O7. The first-order valence-electron chi connectivity index (χ1n) is 10.3. The maximum Gasteiger partial charge on any atom is 0.336 e. The van der Waals surface area contributed by atoms with Gasteiger partial charge in [0.05, 0.1) is 5.56 Å².